The van der Waals surface area contributed by atoms with Gasteiger partial charge in [-0.25, -0.2) is 0 Å². The van der Waals surface area contributed by atoms with Crippen molar-refractivity contribution in [3.05, 3.63) is 137 Å². The lowest BCUT2D eigenvalue weighted by atomic mass is 9.64. The molecule has 4 aromatic carbocycles. The summed E-state index contributed by atoms with van der Waals surface area (Å²) in [7, 11) is 0. The summed E-state index contributed by atoms with van der Waals surface area (Å²) in [6, 6.07) is 38.0. The summed E-state index contributed by atoms with van der Waals surface area (Å²) in [5.74, 6) is 0.342. The summed E-state index contributed by atoms with van der Waals surface area (Å²) in [6.07, 6.45) is 0. The van der Waals surface area contributed by atoms with Crippen molar-refractivity contribution < 1.29 is 5.11 Å². The van der Waals surface area contributed by atoms with Crippen LogP contribution in [0.2, 0.25) is 0 Å². The Hall–Kier alpha value is -3.32. The van der Waals surface area contributed by atoms with Crippen molar-refractivity contribution in [2.75, 3.05) is 0 Å². The lowest BCUT2D eigenvalue weighted by Gasteiger charge is -2.37. The molecule has 1 N–H and O–H groups in total. The molecule has 0 unspecified atom stereocenters. The fraction of sp³-hybridized carbons (Fsp3) is 0.172. The molecule has 0 radical (unpaired) electrons. The maximum absolute atomic E-state index is 10.6. The van der Waals surface area contributed by atoms with Crippen molar-refractivity contribution in [1.82, 2.24) is 0 Å². The van der Waals surface area contributed by atoms with Crippen molar-refractivity contribution >= 4 is 0 Å². The van der Waals surface area contributed by atoms with E-state index in [9.17, 15) is 5.11 Å². The Morgan fingerprint density at radius 3 is 1.27 bits per heavy atom. The number of benzene rings is 4. The molecule has 0 amide bonds. The van der Waals surface area contributed by atoms with E-state index in [2.05, 4.69) is 124 Å². The highest BCUT2D eigenvalue weighted by Gasteiger charge is 2.39. The van der Waals surface area contributed by atoms with Crippen molar-refractivity contribution in [2.45, 2.75) is 31.6 Å². The van der Waals surface area contributed by atoms with E-state index in [1.807, 2.05) is 6.07 Å². The molecule has 0 aliphatic rings. The van der Waals surface area contributed by atoms with Crippen LogP contribution in [0, 0.1) is 0 Å². The Kier molecular flexibility index (Phi) is 5.22. The average molecular weight is 393 g/mol. The molecule has 0 saturated heterocycles. The fourth-order valence-corrected chi connectivity index (χ4v) is 4.43. The highest BCUT2D eigenvalue weighted by molar-refractivity contribution is 5.61. The van der Waals surface area contributed by atoms with E-state index in [-0.39, 0.29) is 5.41 Å². The average Bonchev–Trinajstić information content (AvgIpc) is 2.77. The Morgan fingerprint density at radius 1 is 0.500 bits per heavy atom. The molecule has 0 fully saturated rings. The first-order chi connectivity index (χ1) is 14.4. The molecule has 0 spiro atoms. The number of phenols is 1. The third kappa shape index (κ3) is 3.41. The molecule has 1 heteroatoms. The Balaban J connectivity index is 2.14. The van der Waals surface area contributed by atoms with Gasteiger partial charge in [0.2, 0.25) is 0 Å². The molecule has 150 valence electrons. The number of rotatable bonds is 4. The molecule has 1 nitrogen and oxygen atoms in total. The first-order valence-electron chi connectivity index (χ1n) is 10.4. The smallest absolute Gasteiger partial charge is 0.119 e. The van der Waals surface area contributed by atoms with Gasteiger partial charge in [0, 0.05) is 0 Å². The van der Waals surface area contributed by atoms with Gasteiger partial charge in [0.25, 0.3) is 0 Å². The number of phenolic OH excluding ortho intramolecular Hbond substituents is 1. The van der Waals surface area contributed by atoms with Crippen LogP contribution < -0.4 is 0 Å². The highest BCUT2D eigenvalue weighted by atomic mass is 16.3. The van der Waals surface area contributed by atoms with Crippen LogP contribution in [0.15, 0.2) is 109 Å². The summed E-state index contributed by atoms with van der Waals surface area (Å²) in [5.41, 5.74) is 5.04. The molecule has 0 heterocycles. The van der Waals surface area contributed by atoms with E-state index in [4.69, 9.17) is 0 Å². The molecule has 0 bridgehead atoms. The Bertz CT molecular complexity index is 1010. The van der Waals surface area contributed by atoms with Gasteiger partial charge in [-0.1, -0.05) is 124 Å². The predicted molar refractivity (Wildman–Crippen MR) is 125 cm³/mol. The molecule has 4 rings (SSSR count). The van der Waals surface area contributed by atoms with Gasteiger partial charge in [0.1, 0.15) is 5.75 Å². The summed E-state index contributed by atoms with van der Waals surface area (Å²) in [6.45, 7) is 6.42. The zero-order chi connectivity index (χ0) is 21.2. The van der Waals surface area contributed by atoms with Gasteiger partial charge < -0.3 is 5.11 Å². The van der Waals surface area contributed by atoms with Crippen LogP contribution in [0.1, 0.15) is 48.6 Å². The van der Waals surface area contributed by atoms with Gasteiger partial charge in [0.05, 0.1) is 5.41 Å². The molecule has 0 aliphatic carbocycles. The lowest BCUT2D eigenvalue weighted by Crippen LogP contribution is -2.31. The highest BCUT2D eigenvalue weighted by Crippen LogP contribution is 2.46. The summed E-state index contributed by atoms with van der Waals surface area (Å²) in [5, 5.41) is 10.6. The number of hydrogen-bond acceptors (Lipinski definition) is 1. The maximum atomic E-state index is 10.6. The Labute approximate surface area is 179 Å². The second-order valence-electron chi connectivity index (χ2n) is 8.83. The summed E-state index contributed by atoms with van der Waals surface area (Å²) in [4.78, 5) is 0. The molecule has 0 aliphatic heterocycles. The Morgan fingerprint density at radius 2 is 0.900 bits per heavy atom. The number of hydrogen-bond donors (Lipinski definition) is 1. The third-order valence-corrected chi connectivity index (χ3v) is 5.86. The first kappa shape index (κ1) is 20.0. The van der Waals surface area contributed by atoms with Crippen LogP contribution in [0.25, 0.3) is 0 Å². The minimum Gasteiger partial charge on any atom is -0.508 e. The fourth-order valence-electron chi connectivity index (χ4n) is 4.43. The van der Waals surface area contributed by atoms with Crippen molar-refractivity contribution in [2.24, 2.45) is 0 Å². The van der Waals surface area contributed by atoms with Crippen LogP contribution in [-0.2, 0) is 10.8 Å². The third-order valence-electron chi connectivity index (χ3n) is 5.86. The van der Waals surface area contributed by atoms with Gasteiger partial charge in [0.15, 0.2) is 0 Å². The van der Waals surface area contributed by atoms with E-state index in [1.165, 1.54) is 16.7 Å². The van der Waals surface area contributed by atoms with Gasteiger partial charge in [-0.2, -0.15) is 0 Å². The molecule has 4 aromatic rings. The van der Waals surface area contributed by atoms with E-state index < -0.39 is 5.41 Å². The minimum atomic E-state index is -0.489. The topological polar surface area (TPSA) is 20.2 Å². The maximum Gasteiger partial charge on any atom is 0.119 e. The van der Waals surface area contributed by atoms with E-state index in [1.54, 1.807) is 0 Å². The van der Waals surface area contributed by atoms with Crippen LogP contribution >= 0.6 is 0 Å². The molecule has 30 heavy (non-hydrogen) atoms. The zero-order valence-corrected chi connectivity index (χ0v) is 17.8. The van der Waals surface area contributed by atoms with Gasteiger partial charge in [-0.15, -0.1) is 0 Å². The van der Waals surface area contributed by atoms with Crippen LogP contribution in [-0.4, -0.2) is 5.11 Å². The van der Waals surface area contributed by atoms with E-state index in [0.717, 1.165) is 11.1 Å². The second kappa shape index (κ2) is 7.84. The predicted octanol–water partition coefficient (Wildman–Crippen LogP) is 7.07. The van der Waals surface area contributed by atoms with Crippen molar-refractivity contribution in [3.8, 4) is 5.75 Å². The molecule has 0 atom stereocenters. The summed E-state index contributed by atoms with van der Waals surface area (Å²) < 4.78 is 0. The quantitative estimate of drug-likeness (QED) is 0.368. The van der Waals surface area contributed by atoms with Gasteiger partial charge in [-0.3, -0.25) is 0 Å². The van der Waals surface area contributed by atoms with Crippen LogP contribution in [0.3, 0.4) is 0 Å². The van der Waals surface area contributed by atoms with Crippen molar-refractivity contribution in [1.29, 1.82) is 0 Å². The lowest BCUT2D eigenvalue weighted by molar-refractivity contribution is 0.445. The zero-order valence-electron chi connectivity index (χ0n) is 17.8. The van der Waals surface area contributed by atoms with Gasteiger partial charge >= 0.3 is 0 Å². The SMILES string of the molecule is CC(C)(C)c1cc(C(c2ccccc2)(c2ccccc2)c2ccccc2)ccc1O. The molecule has 0 saturated carbocycles. The summed E-state index contributed by atoms with van der Waals surface area (Å²) >= 11 is 0. The second-order valence-corrected chi connectivity index (χ2v) is 8.83. The van der Waals surface area contributed by atoms with E-state index in [0.29, 0.717) is 5.75 Å². The standard InChI is InChI=1S/C29H28O/c1-28(2,3)26-21-25(19-20-27(26)30)29(22-13-7-4-8-14-22,23-15-9-5-10-16-23)24-17-11-6-12-18-24/h4-21,30H,1-3H3. The number of aromatic hydroxyl groups is 1. The van der Waals surface area contributed by atoms with E-state index >= 15 is 0 Å². The normalized spacial score (nSPS) is 12.0. The minimum absolute atomic E-state index is 0.171. The van der Waals surface area contributed by atoms with Crippen molar-refractivity contribution in [3.63, 3.8) is 0 Å². The van der Waals surface area contributed by atoms with Crippen LogP contribution in [0.5, 0.6) is 5.75 Å². The monoisotopic (exact) mass is 392 g/mol. The van der Waals surface area contributed by atoms with Gasteiger partial charge in [-0.05, 0) is 39.3 Å². The molecular weight excluding hydrogens is 364 g/mol. The molecular formula is C29H28O. The largest absolute Gasteiger partial charge is 0.508 e. The molecule has 0 aromatic heterocycles. The first-order valence-corrected chi connectivity index (χ1v) is 10.4. The van der Waals surface area contributed by atoms with Crippen LogP contribution in [0.4, 0.5) is 0 Å².